The topological polar surface area (TPSA) is 122 Å². The Kier molecular flexibility index (Phi) is 7.38. The Labute approximate surface area is 122 Å². The number of carbonyl (C=O) groups is 3. The van der Waals surface area contributed by atoms with E-state index in [-0.39, 0.29) is 24.5 Å². The third-order valence-electron chi connectivity index (χ3n) is 3.05. The van der Waals surface area contributed by atoms with Crippen LogP contribution < -0.4 is 16.4 Å². The van der Waals surface area contributed by atoms with E-state index in [2.05, 4.69) is 10.6 Å². The fourth-order valence-electron chi connectivity index (χ4n) is 1.94. The molecule has 1 aliphatic rings. The molecule has 2 amide bonds. The number of piperidine rings is 1. The largest absolute Gasteiger partial charge is 0.480 e. The number of amides is 2. The molecule has 0 spiro atoms. The molecule has 1 rings (SSSR count). The maximum Gasteiger partial charge on any atom is 0.326 e. The number of primary amides is 1. The maximum atomic E-state index is 11.7. The van der Waals surface area contributed by atoms with Crippen molar-refractivity contribution in [2.45, 2.75) is 37.0 Å². The first-order valence-electron chi connectivity index (χ1n) is 6.62. The van der Waals surface area contributed by atoms with Gasteiger partial charge in [0.1, 0.15) is 6.04 Å². The molecule has 5 N–H and O–H groups in total. The van der Waals surface area contributed by atoms with E-state index < -0.39 is 17.9 Å². The lowest BCUT2D eigenvalue weighted by molar-refractivity contribution is -0.141. The van der Waals surface area contributed by atoms with Crippen LogP contribution in [0.25, 0.3) is 0 Å². The number of carboxylic acid groups (broad SMARTS) is 1. The second kappa shape index (κ2) is 8.80. The fraction of sp³-hybridized carbons (Fsp3) is 0.750. The first-order chi connectivity index (χ1) is 9.49. The van der Waals surface area contributed by atoms with Crippen LogP contribution in [0.3, 0.4) is 0 Å². The van der Waals surface area contributed by atoms with Crippen molar-refractivity contribution in [1.82, 2.24) is 10.6 Å². The summed E-state index contributed by atoms with van der Waals surface area (Å²) in [7, 11) is 0. The molecular weight excluding hydrogens is 282 g/mol. The smallest absolute Gasteiger partial charge is 0.326 e. The zero-order valence-corrected chi connectivity index (χ0v) is 12.1. The van der Waals surface area contributed by atoms with E-state index >= 15 is 0 Å². The number of rotatable bonds is 8. The monoisotopic (exact) mass is 303 g/mol. The average Bonchev–Trinajstić information content (AvgIpc) is 2.41. The SMILES string of the molecule is NC(=O)CCC(NC(=O)CSC1CCNCC1)C(=O)O. The predicted octanol–water partition coefficient (Wildman–Crippen LogP) is -0.693. The molecule has 0 aromatic heterocycles. The van der Waals surface area contributed by atoms with Crippen LogP contribution in [0, 0.1) is 0 Å². The molecule has 0 aliphatic carbocycles. The van der Waals surface area contributed by atoms with Crippen molar-refractivity contribution in [3.63, 3.8) is 0 Å². The Morgan fingerprint density at radius 2 is 2.00 bits per heavy atom. The van der Waals surface area contributed by atoms with E-state index in [0.717, 1.165) is 25.9 Å². The number of carbonyl (C=O) groups excluding carboxylic acids is 2. The summed E-state index contributed by atoms with van der Waals surface area (Å²) in [5.41, 5.74) is 4.97. The molecule has 1 fully saturated rings. The van der Waals surface area contributed by atoms with E-state index in [1.54, 1.807) is 11.8 Å². The van der Waals surface area contributed by atoms with Crippen LogP contribution in [-0.4, -0.2) is 53.0 Å². The summed E-state index contributed by atoms with van der Waals surface area (Å²) in [4.78, 5) is 33.3. The number of nitrogens with two attached hydrogens (primary N) is 1. The molecule has 0 saturated carbocycles. The molecule has 1 heterocycles. The minimum atomic E-state index is -1.15. The van der Waals surface area contributed by atoms with Crippen molar-refractivity contribution in [1.29, 1.82) is 0 Å². The fourth-order valence-corrected chi connectivity index (χ4v) is 2.98. The minimum Gasteiger partial charge on any atom is -0.480 e. The van der Waals surface area contributed by atoms with Gasteiger partial charge < -0.3 is 21.5 Å². The number of hydrogen-bond acceptors (Lipinski definition) is 5. The molecule has 1 aliphatic heterocycles. The quantitative estimate of drug-likeness (QED) is 0.471. The Bertz CT molecular complexity index is 359. The molecule has 0 bridgehead atoms. The van der Waals surface area contributed by atoms with Crippen molar-refractivity contribution in [2.75, 3.05) is 18.8 Å². The summed E-state index contributed by atoms with van der Waals surface area (Å²) in [5.74, 6) is -1.79. The Balaban J connectivity index is 2.29. The second-order valence-corrected chi connectivity index (χ2v) is 6.01. The van der Waals surface area contributed by atoms with E-state index in [0.29, 0.717) is 5.25 Å². The van der Waals surface area contributed by atoms with Crippen LogP contribution in [0.15, 0.2) is 0 Å². The Morgan fingerprint density at radius 1 is 1.35 bits per heavy atom. The summed E-state index contributed by atoms with van der Waals surface area (Å²) in [6.07, 6.45) is 2.00. The van der Waals surface area contributed by atoms with Crippen LogP contribution in [0.2, 0.25) is 0 Å². The molecular formula is C12H21N3O4S. The van der Waals surface area contributed by atoms with Gasteiger partial charge in [-0.1, -0.05) is 0 Å². The summed E-state index contributed by atoms with van der Waals surface area (Å²) < 4.78 is 0. The molecule has 0 aromatic rings. The van der Waals surface area contributed by atoms with E-state index in [4.69, 9.17) is 10.8 Å². The van der Waals surface area contributed by atoms with Gasteiger partial charge >= 0.3 is 5.97 Å². The van der Waals surface area contributed by atoms with E-state index in [1.807, 2.05) is 0 Å². The summed E-state index contributed by atoms with van der Waals surface area (Å²) in [6.45, 7) is 1.91. The second-order valence-electron chi connectivity index (χ2n) is 4.72. The highest BCUT2D eigenvalue weighted by Gasteiger charge is 2.21. The number of aliphatic carboxylic acids is 1. The van der Waals surface area contributed by atoms with E-state index in [1.165, 1.54) is 0 Å². The summed E-state index contributed by atoms with van der Waals surface area (Å²) >= 11 is 1.55. The van der Waals surface area contributed by atoms with Gasteiger partial charge in [-0.3, -0.25) is 9.59 Å². The van der Waals surface area contributed by atoms with Crippen LogP contribution in [0.1, 0.15) is 25.7 Å². The normalized spacial score (nSPS) is 17.4. The van der Waals surface area contributed by atoms with Gasteiger partial charge in [0.05, 0.1) is 5.75 Å². The molecule has 0 aromatic carbocycles. The molecule has 8 heteroatoms. The van der Waals surface area contributed by atoms with Crippen molar-refractivity contribution < 1.29 is 19.5 Å². The molecule has 1 saturated heterocycles. The van der Waals surface area contributed by atoms with Gasteiger partial charge in [-0.2, -0.15) is 0 Å². The van der Waals surface area contributed by atoms with Gasteiger partial charge in [0.15, 0.2) is 0 Å². The zero-order chi connectivity index (χ0) is 15.0. The molecule has 1 atom stereocenters. The average molecular weight is 303 g/mol. The molecule has 20 heavy (non-hydrogen) atoms. The number of nitrogens with one attached hydrogen (secondary N) is 2. The van der Waals surface area contributed by atoms with Crippen LogP contribution in [0.5, 0.6) is 0 Å². The van der Waals surface area contributed by atoms with Crippen LogP contribution >= 0.6 is 11.8 Å². The molecule has 114 valence electrons. The van der Waals surface area contributed by atoms with Crippen molar-refractivity contribution in [3.05, 3.63) is 0 Å². The number of carboxylic acids is 1. The molecule has 1 unspecified atom stereocenters. The van der Waals surface area contributed by atoms with Crippen LogP contribution in [0.4, 0.5) is 0 Å². The third-order valence-corrected chi connectivity index (χ3v) is 4.42. The third kappa shape index (κ3) is 6.76. The van der Waals surface area contributed by atoms with Crippen LogP contribution in [-0.2, 0) is 14.4 Å². The zero-order valence-electron chi connectivity index (χ0n) is 11.3. The lowest BCUT2D eigenvalue weighted by Gasteiger charge is -2.22. The van der Waals surface area contributed by atoms with Gasteiger partial charge in [0.25, 0.3) is 0 Å². The predicted molar refractivity (Wildman–Crippen MR) is 76.3 cm³/mol. The standard InChI is InChI=1S/C12H21N3O4S/c13-10(16)2-1-9(12(18)19)15-11(17)7-20-8-3-5-14-6-4-8/h8-9,14H,1-7H2,(H2,13,16)(H,15,17)(H,18,19). The summed E-state index contributed by atoms with van der Waals surface area (Å²) in [6, 6.07) is -1.05. The van der Waals surface area contributed by atoms with Gasteiger partial charge in [-0.15, -0.1) is 11.8 Å². The highest BCUT2D eigenvalue weighted by atomic mass is 32.2. The molecule has 0 radical (unpaired) electrons. The summed E-state index contributed by atoms with van der Waals surface area (Å²) in [5, 5.41) is 15.1. The van der Waals surface area contributed by atoms with E-state index in [9.17, 15) is 14.4 Å². The van der Waals surface area contributed by atoms with Gasteiger partial charge in [0.2, 0.25) is 11.8 Å². The van der Waals surface area contributed by atoms with Gasteiger partial charge in [0, 0.05) is 11.7 Å². The maximum absolute atomic E-state index is 11.7. The lowest BCUT2D eigenvalue weighted by Crippen LogP contribution is -2.42. The first-order valence-corrected chi connectivity index (χ1v) is 7.66. The Hall–Kier alpha value is -1.28. The highest BCUT2D eigenvalue weighted by Crippen LogP contribution is 2.19. The number of hydrogen-bond donors (Lipinski definition) is 4. The van der Waals surface area contributed by atoms with Gasteiger partial charge in [-0.25, -0.2) is 4.79 Å². The number of thioether (sulfide) groups is 1. The minimum absolute atomic E-state index is 0.0222. The van der Waals surface area contributed by atoms with Gasteiger partial charge in [-0.05, 0) is 32.4 Å². The Morgan fingerprint density at radius 3 is 2.55 bits per heavy atom. The molecule has 7 nitrogen and oxygen atoms in total. The van der Waals surface area contributed by atoms with Crippen molar-refractivity contribution in [2.24, 2.45) is 5.73 Å². The highest BCUT2D eigenvalue weighted by molar-refractivity contribution is 8.00. The lowest BCUT2D eigenvalue weighted by atomic mass is 10.1. The van der Waals surface area contributed by atoms with Crippen molar-refractivity contribution >= 4 is 29.5 Å². The van der Waals surface area contributed by atoms with Crippen molar-refractivity contribution in [3.8, 4) is 0 Å². The first kappa shape index (κ1) is 16.8.